The van der Waals surface area contributed by atoms with Crippen molar-refractivity contribution in [3.63, 3.8) is 0 Å². The molecule has 7 nitrogen and oxygen atoms in total. The third kappa shape index (κ3) is 4.20. The quantitative estimate of drug-likeness (QED) is 0.705. The first kappa shape index (κ1) is 15.4. The zero-order valence-corrected chi connectivity index (χ0v) is 11.2. The highest BCUT2D eigenvalue weighted by molar-refractivity contribution is 5.80. The lowest BCUT2D eigenvalue weighted by atomic mass is 9.85. The number of amides is 1. The molecule has 1 saturated heterocycles. The molecule has 0 saturated carbocycles. The van der Waals surface area contributed by atoms with E-state index < -0.39 is 23.8 Å². The maximum absolute atomic E-state index is 11.5. The lowest BCUT2D eigenvalue weighted by molar-refractivity contribution is -0.157. The summed E-state index contributed by atoms with van der Waals surface area (Å²) in [6.07, 6.45) is 0.625. The van der Waals surface area contributed by atoms with Crippen molar-refractivity contribution in [2.24, 2.45) is 11.8 Å². The summed E-state index contributed by atoms with van der Waals surface area (Å²) in [4.78, 5) is 36.9. The first-order chi connectivity index (χ1) is 8.82. The van der Waals surface area contributed by atoms with E-state index in [-0.39, 0.29) is 12.5 Å². The van der Waals surface area contributed by atoms with Crippen LogP contribution in [0.15, 0.2) is 0 Å². The predicted octanol–water partition coefficient (Wildman–Crippen LogP) is -0.428. The standard InChI is InChI=1S/C12H20N2O5/c1-13(2)10(15)4-6-14-5-3-8(11(16)17)9(7-14)12(18)19/h8-9H,3-7H2,1-2H3,(H,16,17)(H,18,19). The molecule has 0 radical (unpaired) electrons. The van der Waals surface area contributed by atoms with Gasteiger partial charge in [0.2, 0.25) is 5.91 Å². The van der Waals surface area contributed by atoms with Crippen molar-refractivity contribution in [3.8, 4) is 0 Å². The third-order valence-electron chi connectivity index (χ3n) is 3.47. The Kier molecular flexibility index (Phi) is 5.29. The number of aliphatic carboxylic acids is 2. The van der Waals surface area contributed by atoms with Crippen LogP contribution in [0.25, 0.3) is 0 Å². The lowest BCUT2D eigenvalue weighted by Gasteiger charge is -2.34. The van der Waals surface area contributed by atoms with Gasteiger partial charge < -0.3 is 20.0 Å². The number of carbonyl (C=O) groups is 3. The Balaban J connectivity index is 2.55. The van der Waals surface area contributed by atoms with Crippen molar-refractivity contribution in [2.75, 3.05) is 33.7 Å². The molecule has 0 aromatic heterocycles. The molecule has 1 aliphatic heterocycles. The molecular formula is C12H20N2O5. The molecule has 2 unspecified atom stereocenters. The Hall–Kier alpha value is -1.63. The summed E-state index contributed by atoms with van der Waals surface area (Å²) in [6.45, 7) is 1.17. The molecule has 0 aliphatic carbocycles. The van der Waals surface area contributed by atoms with Crippen molar-refractivity contribution in [1.82, 2.24) is 9.80 Å². The molecule has 19 heavy (non-hydrogen) atoms. The van der Waals surface area contributed by atoms with Gasteiger partial charge in [-0.05, 0) is 13.0 Å². The molecule has 1 fully saturated rings. The number of carboxylic acid groups (broad SMARTS) is 2. The van der Waals surface area contributed by atoms with Gasteiger partial charge in [-0.15, -0.1) is 0 Å². The Labute approximate surface area is 111 Å². The molecule has 0 bridgehead atoms. The van der Waals surface area contributed by atoms with Gasteiger partial charge in [-0.3, -0.25) is 14.4 Å². The Morgan fingerprint density at radius 1 is 1.16 bits per heavy atom. The molecule has 1 rings (SSSR count). The Morgan fingerprint density at radius 2 is 1.74 bits per heavy atom. The molecule has 7 heteroatoms. The van der Waals surface area contributed by atoms with Crippen LogP contribution < -0.4 is 0 Å². The molecule has 0 aromatic carbocycles. The van der Waals surface area contributed by atoms with Gasteiger partial charge in [-0.25, -0.2) is 0 Å². The molecule has 1 amide bonds. The van der Waals surface area contributed by atoms with Crippen molar-refractivity contribution in [3.05, 3.63) is 0 Å². The number of carboxylic acids is 2. The van der Waals surface area contributed by atoms with Crippen LogP contribution in [0.1, 0.15) is 12.8 Å². The molecule has 0 spiro atoms. The fourth-order valence-corrected chi connectivity index (χ4v) is 2.25. The van der Waals surface area contributed by atoms with Gasteiger partial charge in [0, 0.05) is 33.6 Å². The van der Waals surface area contributed by atoms with Crippen molar-refractivity contribution < 1.29 is 24.6 Å². The van der Waals surface area contributed by atoms with Gasteiger partial charge in [0.15, 0.2) is 0 Å². The summed E-state index contributed by atoms with van der Waals surface area (Å²) in [5.41, 5.74) is 0. The summed E-state index contributed by atoms with van der Waals surface area (Å²) in [6, 6.07) is 0. The normalized spacial score (nSPS) is 23.9. The van der Waals surface area contributed by atoms with Crippen LogP contribution in [0.5, 0.6) is 0 Å². The van der Waals surface area contributed by atoms with Crippen molar-refractivity contribution in [1.29, 1.82) is 0 Å². The lowest BCUT2D eigenvalue weighted by Crippen LogP contribution is -2.47. The second-order valence-electron chi connectivity index (χ2n) is 5.02. The summed E-state index contributed by atoms with van der Waals surface area (Å²) in [5.74, 6) is -3.90. The van der Waals surface area contributed by atoms with E-state index in [1.807, 2.05) is 4.90 Å². The largest absolute Gasteiger partial charge is 0.481 e. The molecule has 108 valence electrons. The van der Waals surface area contributed by atoms with E-state index in [0.29, 0.717) is 25.9 Å². The zero-order valence-electron chi connectivity index (χ0n) is 11.2. The molecule has 1 aliphatic rings. The number of nitrogens with zero attached hydrogens (tertiary/aromatic N) is 2. The number of piperidine rings is 1. The van der Waals surface area contributed by atoms with E-state index in [4.69, 9.17) is 10.2 Å². The fourth-order valence-electron chi connectivity index (χ4n) is 2.25. The molecule has 2 N–H and O–H groups in total. The van der Waals surface area contributed by atoms with Crippen LogP contribution >= 0.6 is 0 Å². The van der Waals surface area contributed by atoms with Gasteiger partial charge in [0.25, 0.3) is 0 Å². The highest BCUT2D eigenvalue weighted by atomic mass is 16.4. The first-order valence-corrected chi connectivity index (χ1v) is 6.21. The fraction of sp³-hybridized carbons (Fsp3) is 0.750. The summed E-state index contributed by atoms with van der Waals surface area (Å²) in [7, 11) is 3.33. The SMILES string of the molecule is CN(C)C(=O)CCN1CCC(C(=O)O)C(C(=O)O)C1. The smallest absolute Gasteiger partial charge is 0.308 e. The second-order valence-corrected chi connectivity index (χ2v) is 5.02. The summed E-state index contributed by atoms with van der Waals surface area (Å²) >= 11 is 0. The third-order valence-corrected chi connectivity index (χ3v) is 3.47. The minimum absolute atomic E-state index is 0.0211. The van der Waals surface area contributed by atoms with E-state index in [1.54, 1.807) is 14.1 Å². The van der Waals surface area contributed by atoms with Gasteiger partial charge in [-0.1, -0.05) is 0 Å². The predicted molar refractivity (Wildman–Crippen MR) is 66.6 cm³/mol. The first-order valence-electron chi connectivity index (χ1n) is 6.21. The molecule has 0 aromatic rings. The zero-order chi connectivity index (χ0) is 14.6. The van der Waals surface area contributed by atoms with Crippen LogP contribution in [0, 0.1) is 11.8 Å². The maximum Gasteiger partial charge on any atom is 0.308 e. The number of carbonyl (C=O) groups excluding carboxylic acids is 1. The van der Waals surface area contributed by atoms with Crippen molar-refractivity contribution >= 4 is 17.8 Å². The number of hydrogen-bond donors (Lipinski definition) is 2. The van der Waals surface area contributed by atoms with Crippen LogP contribution in [0.4, 0.5) is 0 Å². The van der Waals surface area contributed by atoms with Crippen LogP contribution in [-0.2, 0) is 14.4 Å². The average Bonchev–Trinajstić information content (AvgIpc) is 2.35. The second kappa shape index (κ2) is 6.51. The van der Waals surface area contributed by atoms with Crippen LogP contribution in [0.2, 0.25) is 0 Å². The highest BCUT2D eigenvalue weighted by Gasteiger charge is 2.38. The number of hydrogen-bond acceptors (Lipinski definition) is 4. The van der Waals surface area contributed by atoms with E-state index >= 15 is 0 Å². The minimum Gasteiger partial charge on any atom is -0.481 e. The number of likely N-dealkylation sites (tertiary alicyclic amines) is 1. The van der Waals surface area contributed by atoms with E-state index in [0.717, 1.165) is 0 Å². The maximum atomic E-state index is 11.5. The van der Waals surface area contributed by atoms with Crippen LogP contribution in [0.3, 0.4) is 0 Å². The average molecular weight is 272 g/mol. The van der Waals surface area contributed by atoms with Crippen LogP contribution in [-0.4, -0.2) is 71.6 Å². The minimum atomic E-state index is -1.09. The van der Waals surface area contributed by atoms with Gasteiger partial charge in [-0.2, -0.15) is 0 Å². The van der Waals surface area contributed by atoms with E-state index in [1.165, 1.54) is 4.90 Å². The van der Waals surface area contributed by atoms with Crippen molar-refractivity contribution in [2.45, 2.75) is 12.8 Å². The van der Waals surface area contributed by atoms with Gasteiger partial charge in [0.1, 0.15) is 0 Å². The number of rotatable bonds is 5. The van der Waals surface area contributed by atoms with Gasteiger partial charge >= 0.3 is 11.9 Å². The highest BCUT2D eigenvalue weighted by Crippen LogP contribution is 2.24. The summed E-state index contributed by atoms with van der Waals surface area (Å²) in [5, 5.41) is 18.1. The molecular weight excluding hydrogens is 252 g/mol. The molecule has 1 heterocycles. The topological polar surface area (TPSA) is 98.2 Å². The Morgan fingerprint density at radius 3 is 2.21 bits per heavy atom. The molecule has 2 atom stereocenters. The summed E-state index contributed by atoms with van der Waals surface area (Å²) < 4.78 is 0. The van der Waals surface area contributed by atoms with E-state index in [9.17, 15) is 14.4 Å². The van der Waals surface area contributed by atoms with Gasteiger partial charge in [0.05, 0.1) is 11.8 Å². The Bertz CT molecular complexity index is 369. The van der Waals surface area contributed by atoms with E-state index in [2.05, 4.69) is 0 Å². The monoisotopic (exact) mass is 272 g/mol.